The number of rotatable bonds is 8. The van der Waals surface area contributed by atoms with E-state index in [1.807, 2.05) is 13.8 Å². The molecule has 0 radical (unpaired) electrons. The van der Waals surface area contributed by atoms with Gasteiger partial charge in [-0.05, 0) is 43.7 Å². The third-order valence-electron chi connectivity index (χ3n) is 6.01. The van der Waals surface area contributed by atoms with Gasteiger partial charge in [-0.2, -0.15) is 0 Å². The maximum absolute atomic E-state index is 13.5. The Kier molecular flexibility index (Phi) is 8.14. The molecule has 0 bridgehead atoms. The lowest BCUT2D eigenvalue weighted by Crippen LogP contribution is -2.64. The van der Waals surface area contributed by atoms with Gasteiger partial charge >= 0.3 is 0 Å². The fourth-order valence-electron chi connectivity index (χ4n) is 4.32. The molecule has 1 unspecified atom stereocenters. The second-order valence-electron chi connectivity index (χ2n) is 9.03. The normalized spacial score (nSPS) is 21.4. The molecule has 10 nitrogen and oxygen atoms in total. The highest BCUT2D eigenvalue weighted by atomic mass is 16.2. The first-order valence-corrected chi connectivity index (χ1v) is 11.6. The molecule has 3 atom stereocenters. The number of benzene rings is 1. The number of Topliss-reactive ketones (excluding diaryl/α,β-unsaturated/α-hetero) is 1. The van der Waals surface area contributed by atoms with Crippen molar-refractivity contribution in [2.45, 2.75) is 64.1 Å². The fourth-order valence-corrected chi connectivity index (χ4v) is 4.32. The summed E-state index contributed by atoms with van der Waals surface area (Å²) in [4.78, 5) is 64.3. The molecule has 2 heterocycles. The molecule has 0 aromatic heterocycles. The van der Waals surface area contributed by atoms with E-state index in [1.165, 1.54) is 5.01 Å². The van der Waals surface area contributed by atoms with E-state index in [1.54, 1.807) is 30.3 Å². The Morgan fingerprint density at radius 1 is 1.15 bits per heavy atom. The highest BCUT2D eigenvalue weighted by molar-refractivity contribution is 6.29. The van der Waals surface area contributed by atoms with Crippen LogP contribution in [0.25, 0.3) is 0 Å². The molecule has 1 aromatic carbocycles. The van der Waals surface area contributed by atoms with E-state index in [0.29, 0.717) is 37.6 Å². The Labute approximate surface area is 198 Å². The number of carbonyl (C=O) groups excluding carboxylic acids is 5. The second kappa shape index (κ2) is 11.0. The van der Waals surface area contributed by atoms with Crippen LogP contribution in [-0.4, -0.2) is 70.3 Å². The van der Waals surface area contributed by atoms with Crippen molar-refractivity contribution in [2.75, 3.05) is 6.54 Å². The topological polar surface area (TPSA) is 140 Å². The first kappa shape index (κ1) is 25.1. The van der Waals surface area contributed by atoms with Gasteiger partial charge in [0.25, 0.3) is 11.8 Å². The molecule has 3 N–H and O–H groups in total. The summed E-state index contributed by atoms with van der Waals surface area (Å²) in [5.41, 5.74) is 0.386. The van der Waals surface area contributed by atoms with Crippen LogP contribution in [0.1, 0.15) is 56.3 Å². The number of amides is 4. The molecule has 3 rings (SSSR count). The third-order valence-corrected chi connectivity index (χ3v) is 6.01. The predicted molar refractivity (Wildman–Crippen MR) is 124 cm³/mol. The van der Waals surface area contributed by atoms with Crippen molar-refractivity contribution in [3.05, 3.63) is 35.9 Å². The van der Waals surface area contributed by atoms with Crippen LogP contribution < -0.4 is 10.6 Å². The molecule has 4 amide bonds. The molecule has 0 spiro atoms. The third kappa shape index (κ3) is 5.67. The van der Waals surface area contributed by atoms with Crippen LogP contribution in [0.2, 0.25) is 0 Å². The highest BCUT2D eigenvalue weighted by Crippen LogP contribution is 2.25. The van der Waals surface area contributed by atoms with Crippen LogP contribution in [0.3, 0.4) is 0 Å². The number of ketones is 1. The zero-order valence-corrected chi connectivity index (χ0v) is 19.5. The SMILES string of the molecule is CC(C)C[C@H](NC(=O)[C@@H]1CCCN2C(=O)CCC(NC(=O)c3ccccc3)C(=O)N12)C(=O)C=N. The maximum Gasteiger partial charge on any atom is 0.264 e. The average molecular weight is 470 g/mol. The van der Waals surface area contributed by atoms with E-state index < -0.39 is 41.6 Å². The lowest BCUT2D eigenvalue weighted by molar-refractivity contribution is -0.176. The van der Waals surface area contributed by atoms with Crippen molar-refractivity contribution in [3.8, 4) is 0 Å². The zero-order valence-electron chi connectivity index (χ0n) is 19.5. The van der Waals surface area contributed by atoms with Gasteiger partial charge in [0, 0.05) is 18.5 Å². The second-order valence-corrected chi connectivity index (χ2v) is 9.03. The van der Waals surface area contributed by atoms with Crippen molar-refractivity contribution >= 4 is 35.6 Å². The Morgan fingerprint density at radius 3 is 2.50 bits per heavy atom. The molecular formula is C24H31N5O5. The molecule has 2 aliphatic heterocycles. The molecular weight excluding hydrogens is 438 g/mol. The summed E-state index contributed by atoms with van der Waals surface area (Å²) >= 11 is 0. The van der Waals surface area contributed by atoms with Crippen LogP contribution in [0.15, 0.2) is 30.3 Å². The standard InChI is InChI=1S/C24H31N5O5/c1-15(2)13-18(20(30)14-25)27-23(33)19-9-6-12-28-21(31)11-10-17(24(34)29(19)28)26-22(32)16-7-4-3-5-8-16/h3-5,7-8,14-15,17-19,25H,6,9-13H2,1-2H3,(H,26,32)(H,27,33)/t17?,18-,19-/m0/s1. The van der Waals surface area contributed by atoms with Crippen molar-refractivity contribution < 1.29 is 24.0 Å². The zero-order chi connectivity index (χ0) is 24.8. The fraction of sp³-hybridized carbons (Fsp3) is 0.500. The largest absolute Gasteiger partial charge is 0.344 e. The Bertz CT molecular complexity index is 964. The number of hydrogen-bond acceptors (Lipinski definition) is 6. The molecule has 182 valence electrons. The van der Waals surface area contributed by atoms with Gasteiger partial charge in [0.2, 0.25) is 11.8 Å². The number of nitrogens with zero attached hydrogens (tertiary/aromatic N) is 2. The monoisotopic (exact) mass is 469 g/mol. The van der Waals surface area contributed by atoms with Gasteiger partial charge in [0.05, 0.1) is 12.3 Å². The molecule has 34 heavy (non-hydrogen) atoms. The van der Waals surface area contributed by atoms with Gasteiger partial charge in [0.1, 0.15) is 12.1 Å². The Hall–Kier alpha value is -3.56. The van der Waals surface area contributed by atoms with Gasteiger partial charge in [-0.15, -0.1) is 0 Å². The lowest BCUT2D eigenvalue weighted by atomic mass is 9.99. The Morgan fingerprint density at radius 2 is 1.85 bits per heavy atom. The number of fused-ring (bicyclic) bond motifs is 1. The predicted octanol–water partition coefficient (Wildman–Crippen LogP) is 1.06. The quantitative estimate of drug-likeness (QED) is 0.489. The van der Waals surface area contributed by atoms with E-state index in [-0.39, 0.29) is 24.7 Å². The lowest BCUT2D eigenvalue weighted by Gasteiger charge is -2.43. The highest BCUT2D eigenvalue weighted by Gasteiger charge is 2.45. The van der Waals surface area contributed by atoms with Crippen LogP contribution in [0.5, 0.6) is 0 Å². The molecule has 2 aliphatic rings. The van der Waals surface area contributed by atoms with Crippen molar-refractivity contribution in [1.82, 2.24) is 20.7 Å². The molecule has 2 saturated heterocycles. The van der Waals surface area contributed by atoms with Crippen molar-refractivity contribution in [2.24, 2.45) is 5.92 Å². The summed E-state index contributed by atoms with van der Waals surface area (Å²) in [5.74, 6) is -2.25. The summed E-state index contributed by atoms with van der Waals surface area (Å²) < 4.78 is 0. The number of hydrazine groups is 1. The maximum atomic E-state index is 13.5. The van der Waals surface area contributed by atoms with E-state index in [0.717, 1.165) is 5.01 Å². The average Bonchev–Trinajstić information content (AvgIpc) is 2.95. The molecule has 10 heteroatoms. The van der Waals surface area contributed by atoms with Crippen LogP contribution in [-0.2, 0) is 19.2 Å². The van der Waals surface area contributed by atoms with Gasteiger partial charge in [0.15, 0.2) is 5.78 Å². The van der Waals surface area contributed by atoms with E-state index in [9.17, 15) is 24.0 Å². The summed E-state index contributed by atoms with van der Waals surface area (Å²) in [6.07, 6.45) is 2.03. The van der Waals surface area contributed by atoms with Gasteiger partial charge in [-0.1, -0.05) is 32.0 Å². The minimum absolute atomic E-state index is 0.0541. The first-order valence-electron chi connectivity index (χ1n) is 11.6. The number of nitrogens with one attached hydrogen (secondary N) is 3. The van der Waals surface area contributed by atoms with Gasteiger partial charge in [-0.25, -0.2) is 5.01 Å². The molecule has 0 aliphatic carbocycles. The number of hydrogen-bond donors (Lipinski definition) is 3. The molecule has 1 aromatic rings. The van der Waals surface area contributed by atoms with Crippen molar-refractivity contribution in [1.29, 1.82) is 5.41 Å². The minimum atomic E-state index is -0.993. The van der Waals surface area contributed by atoms with Crippen LogP contribution in [0.4, 0.5) is 0 Å². The van der Waals surface area contributed by atoms with E-state index >= 15 is 0 Å². The number of carbonyl (C=O) groups is 5. The summed E-state index contributed by atoms with van der Waals surface area (Å²) in [5, 5.41) is 15.1. The van der Waals surface area contributed by atoms with Crippen LogP contribution >= 0.6 is 0 Å². The van der Waals surface area contributed by atoms with Crippen molar-refractivity contribution in [3.63, 3.8) is 0 Å². The minimum Gasteiger partial charge on any atom is -0.344 e. The first-order chi connectivity index (χ1) is 16.2. The van der Waals surface area contributed by atoms with Gasteiger partial charge < -0.3 is 16.0 Å². The summed E-state index contributed by atoms with van der Waals surface area (Å²) in [6.45, 7) is 4.09. The molecule has 0 saturated carbocycles. The smallest absolute Gasteiger partial charge is 0.264 e. The molecule has 2 fully saturated rings. The van der Waals surface area contributed by atoms with E-state index in [4.69, 9.17) is 5.41 Å². The van der Waals surface area contributed by atoms with Crippen LogP contribution in [0, 0.1) is 11.3 Å². The Balaban J connectivity index is 1.82. The summed E-state index contributed by atoms with van der Waals surface area (Å²) in [7, 11) is 0. The van der Waals surface area contributed by atoms with Gasteiger partial charge in [-0.3, -0.25) is 29.0 Å². The summed E-state index contributed by atoms with van der Waals surface area (Å²) in [6, 6.07) is 5.60. The van der Waals surface area contributed by atoms with E-state index in [2.05, 4.69) is 10.6 Å².